The normalized spacial score (nSPS) is 18.7. The number of likely N-dealkylation sites (N-methyl/N-ethyl adjacent to an activating group) is 2. The highest BCUT2D eigenvalue weighted by Crippen LogP contribution is 2.23. The summed E-state index contributed by atoms with van der Waals surface area (Å²) in [6.45, 7) is 0.913. The van der Waals surface area contributed by atoms with Gasteiger partial charge in [-0.25, -0.2) is 0 Å². The summed E-state index contributed by atoms with van der Waals surface area (Å²) in [7, 11) is 3.41. The molecule has 1 unspecified atom stereocenters. The van der Waals surface area contributed by atoms with E-state index in [-0.39, 0.29) is 24.4 Å². The molecule has 19 heavy (non-hydrogen) atoms. The molecule has 1 fully saturated rings. The zero-order valence-electron chi connectivity index (χ0n) is 11.3. The number of rotatable bonds is 4. The van der Waals surface area contributed by atoms with Gasteiger partial charge in [0.25, 0.3) is 0 Å². The first-order valence-corrected chi connectivity index (χ1v) is 6.42. The Kier molecular flexibility index (Phi) is 4.16. The molecule has 1 aliphatic rings. The van der Waals surface area contributed by atoms with Crippen LogP contribution in [-0.2, 0) is 9.59 Å². The highest BCUT2D eigenvalue weighted by molar-refractivity contribution is 6.01. The molecule has 102 valence electrons. The second-order valence-electron chi connectivity index (χ2n) is 4.66. The van der Waals surface area contributed by atoms with Crippen molar-refractivity contribution in [3.05, 3.63) is 30.3 Å². The van der Waals surface area contributed by atoms with Crippen LogP contribution in [0, 0.1) is 0 Å². The summed E-state index contributed by atoms with van der Waals surface area (Å²) in [5.41, 5.74) is 0.893. The predicted molar refractivity (Wildman–Crippen MR) is 73.9 cm³/mol. The number of carbonyl (C=O) groups is 2. The van der Waals surface area contributed by atoms with E-state index in [1.54, 1.807) is 23.9 Å². The molecule has 5 heteroatoms. The fourth-order valence-corrected chi connectivity index (χ4v) is 2.34. The van der Waals surface area contributed by atoms with Gasteiger partial charge in [-0.15, -0.1) is 0 Å². The molecule has 0 saturated carbocycles. The van der Waals surface area contributed by atoms with Crippen molar-refractivity contribution in [1.82, 2.24) is 10.2 Å². The van der Waals surface area contributed by atoms with Gasteiger partial charge in [0.1, 0.15) is 6.04 Å². The molecule has 1 saturated heterocycles. The van der Waals surface area contributed by atoms with Crippen molar-refractivity contribution in [2.45, 2.75) is 12.5 Å². The van der Waals surface area contributed by atoms with Crippen molar-refractivity contribution in [3.63, 3.8) is 0 Å². The maximum absolute atomic E-state index is 12.4. The van der Waals surface area contributed by atoms with Gasteiger partial charge >= 0.3 is 0 Å². The zero-order chi connectivity index (χ0) is 13.8. The average molecular weight is 261 g/mol. The van der Waals surface area contributed by atoms with Gasteiger partial charge < -0.3 is 15.1 Å². The third-order valence-electron chi connectivity index (χ3n) is 3.43. The maximum atomic E-state index is 12.4. The quantitative estimate of drug-likeness (QED) is 0.857. The number of para-hydroxylation sites is 1. The lowest BCUT2D eigenvalue weighted by Gasteiger charge is -2.24. The fourth-order valence-electron chi connectivity index (χ4n) is 2.34. The number of hydrogen-bond donors (Lipinski definition) is 1. The summed E-state index contributed by atoms with van der Waals surface area (Å²) < 4.78 is 0. The first-order chi connectivity index (χ1) is 9.15. The Labute approximate surface area is 113 Å². The average Bonchev–Trinajstić information content (AvgIpc) is 2.81. The Morgan fingerprint density at radius 1 is 1.42 bits per heavy atom. The van der Waals surface area contributed by atoms with E-state index in [1.165, 1.54) is 0 Å². The minimum Gasteiger partial charge on any atom is -0.333 e. The second-order valence-corrected chi connectivity index (χ2v) is 4.66. The van der Waals surface area contributed by atoms with Crippen LogP contribution >= 0.6 is 0 Å². The number of amides is 2. The lowest BCUT2D eigenvalue weighted by Crippen LogP contribution is -2.45. The Morgan fingerprint density at radius 2 is 2.11 bits per heavy atom. The smallest absolute Gasteiger partial charge is 0.249 e. The van der Waals surface area contributed by atoms with E-state index in [9.17, 15) is 9.59 Å². The molecule has 0 radical (unpaired) electrons. The monoisotopic (exact) mass is 261 g/mol. The van der Waals surface area contributed by atoms with Crippen LogP contribution in [0.2, 0.25) is 0 Å². The second kappa shape index (κ2) is 5.84. The van der Waals surface area contributed by atoms with E-state index in [4.69, 9.17) is 0 Å². The van der Waals surface area contributed by atoms with Gasteiger partial charge in [0.2, 0.25) is 11.8 Å². The molecule has 0 bridgehead atoms. The van der Waals surface area contributed by atoms with E-state index < -0.39 is 0 Å². The minimum atomic E-state index is -0.346. The van der Waals surface area contributed by atoms with Crippen molar-refractivity contribution >= 4 is 17.5 Å². The Balaban J connectivity index is 2.08. The van der Waals surface area contributed by atoms with E-state index in [2.05, 4.69) is 5.32 Å². The van der Waals surface area contributed by atoms with Crippen molar-refractivity contribution in [1.29, 1.82) is 0 Å². The Bertz CT molecular complexity index is 461. The maximum Gasteiger partial charge on any atom is 0.249 e. The first kappa shape index (κ1) is 13.5. The Morgan fingerprint density at radius 3 is 2.74 bits per heavy atom. The van der Waals surface area contributed by atoms with Crippen molar-refractivity contribution in [2.24, 2.45) is 0 Å². The lowest BCUT2D eigenvalue weighted by atomic mass is 10.2. The van der Waals surface area contributed by atoms with Gasteiger partial charge in [-0.3, -0.25) is 9.59 Å². The standard InChI is InChI=1S/C14H19N3O2/c1-15-10-13(18)16(2)12-8-9-17(14(12)19)11-6-4-3-5-7-11/h3-7,12,15H,8-10H2,1-2H3. The summed E-state index contributed by atoms with van der Waals surface area (Å²) in [4.78, 5) is 27.5. The summed E-state index contributed by atoms with van der Waals surface area (Å²) in [6, 6.07) is 9.22. The third-order valence-corrected chi connectivity index (χ3v) is 3.43. The minimum absolute atomic E-state index is 0.00171. The van der Waals surface area contributed by atoms with Crippen LogP contribution in [0.4, 0.5) is 5.69 Å². The largest absolute Gasteiger partial charge is 0.333 e. The lowest BCUT2D eigenvalue weighted by molar-refractivity contribution is -0.135. The zero-order valence-corrected chi connectivity index (χ0v) is 11.3. The molecule has 5 nitrogen and oxygen atoms in total. The molecule has 1 aromatic carbocycles. The molecule has 2 amide bonds. The van der Waals surface area contributed by atoms with Crippen LogP contribution in [0.25, 0.3) is 0 Å². The van der Waals surface area contributed by atoms with Gasteiger partial charge in [0.15, 0.2) is 0 Å². The van der Waals surface area contributed by atoms with Gasteiger partial charge in [-0.1, -0.05) is 18.2 Å². The van der Waals surface area contributed by atoms with Crippen LogP contribution < -0.4 is 10.2 Å². The first-order valence-electron chi connectivity index (χ1n) is 6.42. The number of nitrogens with zero attached hydrogens (tertiary/aromatic N) is 2. The summed E-state index contributed by atoms with van der Waals surface area (Å²) in [5, 5.41) is 2.81. The highest BCUT2D eigenvalue weighted by Gasteiger charge is 2.36. The van der Waals surface area contributed by atoms with Crippen molar-refractivity contribution < 1.29 is 9.59 Å². The van der Waals surface area contributed by atoms with Crippen LogP contribution in [0.15, 0.2) is 30.3 Å². The predicted octanol–water partition coefficient (Wildman–Crippen LogP) is 0.470. The summed E-state index contributed by atoms with van der Waals surface area (Å²) >= 11 is 0. The molecule has 1 N–H and O–H groups in total. The van der Waals surface area contributed by atoms with E-state index in [0.29, 0.717) is 13.0 Å². The van der Waals surface area contributed by atoms with Crippen molar-refractivity contribution in [3.8, 4) is 0 Å². The Hall–Kier alpha value is -1.88. The number of nitrogens with one attached hydrogen (secondary N) is 1. The van der Waals surface area contributed by atoms with Crippen molar-refractivity contribution in [2.75, 3.05) is 32.1 Å². The number of benzene rings is 1. The van der Waals surface area contributed by atoms with Gasteiger partial charge in [0.05, 0.1) is 6.54 Å². The van der Waals surface area contributed by atoms with Crippen LogP contribution in [-0.4, -0.2) is 49.9 Å². The van der Waals surface area contributed by atoms with Crippen LogP contribution in [0.5, 0.6) is 0 Å². The molecule has 1 heterocycles. The molecular weight excluding hydrogens is 242 g/mol. The molecule has 0 spiro atoms. The summed E-state index contributed by atoms with van der Waals surface area (Å²) in [6.07, 6.45) is 0.680. The SMILES string of the molecule is CNCC(=O)N(C)C1CCN(c2ccccc2)C1=O. The van der Waals surface area contributed by atoms with E-state index in [1.807, 2.05) is 30.3 Å². The molecule has 1 aromatic rings. The van der Waals surface area contributed by atoms with E-state index in [0.717, 1.165) is 5.69 Å². The molecule has 0 aliphatic carbocycles. The molecule has 1 aliphatic heterocycles. The molecule has 2 rings (SSSR count). The van der Waals surface area contributed by atoms with Crippen LogP contribution in [0.3, 0.4) is 0 Å². The van der Waals surface area contributed by atoms with Gasteiger partial charge in [-0.05, 0) is 25.6 Å². The van der Waals surface area contributed by atoms with Gasteiger partial charge in [-0.2, -0.15) is 0 Å². The molecule has 1 atom stereocenters. The fraction of sp³-hybridized carbons (Fsp3) is 0.429. The number of anilines is 1. The molecule has 0 aromatic heterocycles. The third kappa shape index (κ3) is 2.76. The molecular formula is C14H19N3O2. The van der Waals surface area contributed by atoms with Gasteiger partial charge in [0, 0.05) is 19.3 Å². The summed E-state index contributed by atoms with van der Waals surface area (Å²) in [5.74, 6) is -0.0612. The van der Waals surface area contributed by atoms with E-state index >= 15 is 0 Å². The van der Waals surface area contributed by atoms with Crippen LogP contribution in [0.1, 0.15) is 6.42 Å². The number of carbonyl (C=O) groups excluding carboxylic acids is 2. The highest BCUT2D eigenvalue weighted by atomic mass is 16.2. The topological polar surface area (TPSA) is 52.7 Å². The number of hydrogen-bond acceptors (Lipinski definition) is 3.